The second kappa shape index (κ2) is 10.4. The van der Waals surface area contributed by atoms with Crippen molar-refractivity contribution in [3.63, 3.8) is 0 Å². The number of unbranched alkanes of at least 4 members (excludes halogenated alkanes) is 1. The highest BCUT2D eigenvalue weighted by Gasteiger charge is 2.21. The molecule has 2 rings (SSSR count). The zero-order valence-electron chi connectivity index (χ0n) is 16.2. The summed E-state index contributed by atoms with van der Waals surface area (Å²) in [6.07, 6.45) is 7.98. The van der Waals surface area contributed by atoms with Gasteiger partial charge in [0.1, 0.15) is 5.78 Å². The molecule has 7 heteroatoms. The van der Waals surface area contributed by atoms with Crippen LogP contribution >= 0.6 is 0 Å². The predicted molar refractivity (Wildman–Crippen MR) is 101 cm³/mol. The number of methoxy groups -OCH3 is 1. The van der Waals surface area contributed by atoms with Crippen molar-refractivity contribution >= 4 is 11.8 Å². The van der Waals surface area contributed by atoms with Crippen molar-refractivity contribution in [1.29, 1.82) is 0 Å². The van der Waals surface area contributed by atoms with Crippen molar-refractivity contribution < 1.29 is 19.1 Å². The SMILES string of the molecule is CCOC(=O)CC(c1ccc(OC)nc1)c1cnn(CCCCC(C)=O)c1. The molecular formula is C20H27N3O4. The summed E-state index contributed by atoms with van der Waals surface area (Å²) >= 11 is 0. The first kappa shape index (κ1) is 20.6. The first-order valence-corrected chi connectivity index (χ1v) is 9.20. The third-order valence-electron chi connectivity index (χ3n) is 4.27. The van der Waals surface area contributed by atoms with Crippen LogP contribution in [0.5, 0.6) is 5.88 Å². The van der Waals surface area contributed by atoms with Gasteiger partial charge < -0.3 is 14.3 Å². The molecule has 0 amide bonds. The van der Waals surface area contributed by atoms with E-state index < -0.39 is 0 Å². The molecule has 0 saturated carbocycles. The summed E-state index contributed by atoms with van der Waals surface area (Å²) in [5.74, 6) is 0.286. The van der Waals surface area contributed by atoms with Gasteiger partial charge in [-0.25, -0.2) is 4.98 Å². The number of carbonyl (C=O) groups is 2. The Kier molecular flexibility index (Phi) is 7.98. The van der Waals surface area contributed by atoms with Crippen LogP contribution in [0.15, 0.2) is 30.7 Å². The van der Waals surface area contributed by atoms with Crippen molar-refractivity contribution in [2.24, 2.45) is 0 Å². The molecule has 0 spiro atoms. The second-order valence-electron chi connectivity index (χ2n) is 6.39. The molecule has 0 N–H and O–H groups in total. The molecule has 1 atom stereocenters. The molecule has 0 saturated heterocycles. The van der Waals surface area contributed by atoms with Crippen LogP contribution in [0.1, 0.15) is 56.6 Å². The molecule has 1 unspecified atom stereocenters. The number of Topliss-reactive ketones (excluding diaryl/α,β-unsaturated/α-hetero) is 1. The highest BCUT2D eigenvalue weighted by atomic mass is 16.5. The van der Waals surface area contributed by atoms with Crippen molar-refractivity contribution in [3.8, 4) is 5.88 Å². The zero-order chi connectivity index (χ0) is 19.6. The van der Waals surface area contributed by atoms with Gasteiger partial charge in [0.2, 0.25) is 5.88 Å². The van der Waals surface area contributed by atoms with E-state index in [1.807, 2.05) is 16.9 Å². The number of rotatable bonds is 11. The number of carbonyl (C=O) groups excluding carboxylic acids is 2. The fourth-order valence-corrected chi connectivity index (χ4v) is 2.86. The summed E-state index contributed by atoms with van der Waals surface area (Å²) in [4.78, 5) is 27.4. The monoisotopic (exact) mass is 373 g/mol. The number of pyridine rings is 1. The molecule has 2 heterocycles. The largest absolute Gasteiger partial charge is 0.481 e. The van der Waals surface area contributed by atoms with E-state index in [1.165, 1.54) is 0 Å². The van der Waals surface area contributed by atoms with Crippen molar-refractivity contribution in [2.45, 2.75) is 52.0 Å². The second-order valence-corrected chi connectivity index (χ2v) is 6.39. The third kappa shape index (κ3) is 6.51. The molecule has 0 aliphatic carbocycles. The van der Waals surface area contributed by atoms with Gasteiger partial charge in [-0.1, -0.05) is 6.07 Å². The fourth-order valence-electron chi connectivity index (χ4n) is 2.86. The van der Waals surface area contributed by atoms with Gasteiger partial charge in [-0.3, -0.25) is 9.48 Å². The molecule has 146 valence electrons. The van der Waals surface area contributed by atoms with Crippen LogP contribution < -0.4 is 4.74 Å². The molecular weight excluding hydrogens is 346 g/mol. The van der Waals surface area contributed by atoms with E-state index in [0.29, 0.717) is 18.9 Å². The molecule has 0 fully saturated rings. The number of esters is 1. The lowest BCUT2D eigenvalue weighted by Crippen LogP contribution is -2.11. The number of aromatic nitrogens is 3. The van der Waals surface area contributed by atoms with Crippen molar-refractivity contribution in [3.05, 3.63) is 41.9 Å². The smallest absolute Gasteiger partial charge is 0.306 e. The maximum Gasteiger partial charge on any atom is 0.306 e. The zero-order valence-corrected chi connectivity index (χ0v) is 16.2. The maximum absolute atomic E-state index is 12.1. The van der Waals surface area contributed by atoms with E-state index in [-0.39, 0.29) is 24.1 Å². The Labute approximate surface area is 159 Å². The van der Waals surface area contributed by atoms with Gasteiger partial charge >= 0.3 is 5.97 Å². The van der Waals surface area contributed by atoms with Crippen molar-refractivity contribution in [2.75, 3.05) is 13.7 Å². The number of ether oxygens (including phenoxy) is 2. The van der Waals surface area contributed by atoms with E-state index in [0.717, 1.165) is 30.5 Å². The molecule has 2 aromatic heterocycles. The minimum atomic E-state index is -0.257. The summed E-state index contributed by atoms with van der Waals surface area (Å²) in [5, 5.41) is 4.40. The summed E-state index contributed by atoms with van der Waals surface area (Å²) in [5.41, 5.74) is 1.83. The number of hydrogen-bond donors (Lipinski definition) is 0. The van der Waals surface area contributed by atoms with Crippen LogP contribution in [0.3, 0.4) is 0 Å². The molecule has 0 radical (unpaired) electrons. The van der Waals surface area contributed by atoms with Crippen molar-refractivity contribution in [1.82, 2.24) is 14.8 Å². The molecule has 0 aliphatic heterocycles. The minimum Gasteiger partial charge on any atom is -0.481 e. The summed E-state index contributed by atoms with van der Waals surface area (Å²) < 4.78 is 12.1. The van der Waals surface area contributed by atoms with Crippen LogP contribution in [0, 0.1) is 0 Å². The summed E-state index contributed by atoms with van der Waals surface area (Å²) in [6.45, 7) is 4.48. The van der Waals surface area contributed by atoms with Gasteiger partial charge in [0, 0.05) is 37.3 Å². The fraction of sp³-hybridized carbons (Fsp3) is 0.500. The quantitative estimate of drug-likeness (QED) is 0.444. The van der Waals surface area contributed by atoms with E-state index >= 15 is 0 Å². The number of nitrogens with zero attached hydrogens (tertiary/aromatic N) is 3. The standard InChI is InChI=1S/C20H27N3O4/c1-4-27-20(25)11-18(16-8-9-19(26-3)21-12-16)17-13-22-23(14-17)10-6-5-7-15(2)24/h8-9,12-14,18H,4-7,10-11H2,1-3H3. The molecule has 7 nitrogen and oxygen atoms in total. The highest BCUT2D eigenvalue weighted by Crippen LogP contribution is 2.28. The van der Waals surface area contributed by atoms with E-state index in [4.69, 9.17) is 9.47 Å². The minimum absolute atomic E-state index is 0.187. The van der Waals surface area contributed by atoms with Crippen LogP contribution in [0.4, 0.5) is 0 Å². The highest BCUT2D eigenvalue weighted by molar-refractivity contribution is 5.75. The first-order chi connectivity index (χ1) is 13.0. The van der Waals surface area contributed by atoms with Gasteiger partial charge in [0.15, 0.2) is 0 Å². The average molecular weight is 373 g/mol. The first-order valence-electron chi connectivity index (χ1n) is 9.20. The van der Waals surface area contributed by atoms with Crippen LogP contribution in [-0.4, -0.2) is 40.2 Å². The van der Waals surface area contributed by atoms with E-state index in [9.17, 15) is 9.59 Å². The molecule has 27 heavy (non-hydrogen) atoms. The van der Waals surface area contributed by atoms with Gasteiger partial charge in [-0.2, -0.15) is 5.10 Å². The maximum atomic E-state index is 12.1. The molecule has 0 bridgehead atoms. The van der Waals surface area contributed by atoms with E-state index in [1.54, 1.807) is 39.4 Å². The Hall–Kier alpha value is -2.70. The van der Waals surface area contributed by atoms with Gasteiger partial charge in [0.05, 0.1) is 26.3 Å². The lowest BCUT2D eigenvalue weighted by Gasteiger charge is -2.15. The Balaban J connectivity index is 2.12. The normalized spacial score (nSPS) is 11.8. The van der Waals surface area contributed by atoms with Gasteiger partial charge in [0.25, 0.3) is 0 Å². The lowest BCUT2D eigenvalue weighted by atomic mass is 9.92. The van der Waals surface area contributed by atoms with Crippen LogP contribution in [0.2, 0.25) is 0 Å². The number of aryl methyl sites for hydroxylation is 1. The molecule has 2 aromatic rings. The Morgan fingerprint density at radius 2 is 2.00 bits per heavy atom. The Morgan fingerprint density at radius 3 is 2.63 bits per heavy atom. The average Bonchev–Trinajstić information content (AvgIpc) is 3.12. The molecule has 0 aliphatic rings. The lowest BCUT2D eigenvalue weighted by molar-refractivity contribution is -0.143. The Morgan fingerprint density at radius 1 is 1.19 bits per heavy atom. The van der Waals surface area contributed by atoms with Gasteiger partial charge in [-0.15, -0.1) is 0 Å². The van der Waals surface area contributed by atoms with E-state index in [2.05, 4.69) is 10.1 Å². The number of hydrogen-bond acceptors (Lipinski definition) is 6. The number of ketones is 1. The third-order valence-corrected chi connectivity index (χ3v) is 4.27. The topological polar surface area (TPSA) is 83.3 Å². The predicted octanol–water partition coefficient (Wildman–Crippen LogP) is 3.13. The Bertz CT molecular complexity index is 740. The molecule has 0 aromatic carbocycles. The van der Waals surface area contributed by atoms with Crippen LogP contribution in [-0.2, 0) is 20.9 Å². The summed E-state index contributed by atoms with van der Waals surface area (Å²) in [7, 11) is 1.56. The summed E-state index contributed by atoms with van der Waals surface area (Å²) in [6, 6.07) is 3.68. The van der Waals surface area contributed by atoms with Crippen LogP contribution in [0.25, 0.3) is 0 Å². The van der Waals surface area contributed by atoms with Gasteiger partial charge in [-0.05, 0) is 37.8 Å².